The van der Waals surface area contributed by atoms with Crippen LogP contribution in [0.4, 0.5) is 0 Å². The molecule has 96 valence electrons. The summed E-state index contributed by atoms with van der Waals surface area (Å²) in [6.45, 7) is 7.88. The van der Waals surface area contributed by atoms with Crippen molar-refractivity contribution in [1.82, 2.24) is 0 Å². The first-order valence-corrected chi connectivity index (χ1v) is 6.56. The molecule has 1 aromatic rings. The van der Waals surface area contributed by atoms with Crippen molar-refractivity contribution in [2.75, 3.05) is 13.2 Å². The molecular formula is C14H19BO3. The van der Waals surface area contributed by atoms with E-state index in [0.29, 0.717) is 0 Å². The van der Waals surface area contributed by atoms with Crippen molar-refractivity contribution in [3.05, 3.63) is 23.8 Å². The Morgan fingerprint density at radius 1 is 1.22 bits per heavy atom. The average Bonchev–Trinajstić information content (AvgIpc) is 2.68. The van der Waals surface area contributed by atoms with Gasteiger partial charge in [0.1, 0.15) is 11.9 Å². The standard InChI is InChI=1S/C14H19BO3/c1-10-6-11-7-12(4-5-13(11)18-10)15-16-8-14(2,3)9-17-15/h4-5,7,10H,6,8-9H2,1-3H3. The normalized spacial score (nSPS) is 25.7. The first kappa shape index (κ1) is 12.1. The number of hydrogen-bond donors (Lipinski definition) is 0. The first-order chi connectivity index (χ1) is 8.53. The van der Waals surface area contributed by atoms with Gasteiger partial charge >= 0.3 is 7.12 Å². The highest BCUT2D eigenvalue weighted by atomic mass is 16.6. The van der Waals surface area contributed by atoms with Gasteiger partial charge in [0.2, 0.25) is 0 Å². The van der Waals surface area contributed by atoms with Crippen LogP contribution in [0.5, 0.6) is 5.75 Å². The number of rotatable bonds is 1. The van der Waals surface area contributed by atoms with Crippen molar-refractivity contribution in [3.8, 4) is 5.75 Å². The Kier molecular flexibility index (Phi) is 2.87. The molecule has 4 heteroatoms. The summed E-state index contributed by atoms with van der Waals surface area (Å²) in [5.74, 6) is 1.00. The lowest BCUT2D eigenvalue weighted by Gasteiger charge is -2.33. The van der Waals surface area contributed by atoms with Gasteiger partial charge in [-0.3, -0.25) is 0 Å². The zero-order chi connectivity index (χ0) is 12.8. The van der Waals surface area contributed by atoms with E-state index in [1.807, 2.05) is 12.1 Å². The molecule has 1 unspecified atom stereocenters. The second-order valence-corrected chi connectivity index (χ2v) is 6.12. The van der Waals surface area contributed by atoms with E-state index in [1.54, 1.807) is 0 Å². The average molecular weight is 246 g/mol. The van der Waals surface area contributed by atoms with Gasteiger partial charge in [-0.25, -0.2) is 0 Å². The highest BCUT2D eigenvalue weighted by Crippen LogP contribution is 2.28. The molecule has 0 aromatic heterocycles. The molecule has 0 aliphatic carbocycles. The van der Waals surface area contributed by atoms with Crippen LogP contribution in [-0.4, -0.2) is 26.4 Å². The van der Waals surface area contributed by atoms with Gasteiger partial charge in [-0.2, -0.15) is 0 Å². The molecule has 1 fully saturated rings. The van der Waals surface area contributed by atoms with E-state index in [2.05, 4.69) is 26.8 Å². The summed E-state index contributed by atoms with van der Waals surface area (Å²) in [7, 11) is -0.223. The SMILES string of the molecule is CC1Cc2cc(B3OCC(C)(C)CO3)ccc2O1. The van der Waals surface area contributed by atoms with Crippen molar-refractivity contribution in [2.24, 2.45) is 5.41 Å². The molecule has 0 N–H and O–H groups in total. The molecule has 1 aromatic carbocycles. The Morgan fingerprint density at radius 2 is 1.94 bits per heavy atom. The monoisotopic (exact) mass is 246 g/mol. The molecule has 0 amide bonds. The Bertz CT molecular complexity index is 448. The van der Waals surface area contributed by atoms with Crippen molar-refractivity contribution in [2.45, 2.75) is 33.3 Å². The maximum atomic E-state index is 5.80. The van der Waals surface area contributed by atoms with Crippen LogP contribution in [0.25, 0.3) is 0 Å². The fourth-order valence-corrected chi connectivity index (χ4v) is 2.47. The van der Waals surface area contributed by atoms with E-state index in [9.17, 15) is 0 Å². The van der Waals surface area contributed by atoms with Crippen LogP contribution in [0.3, 0.4) is 0 Å². The van der Waals surface area contributed by atoms with Gasteiger partial charge in [0.05, 0.1) is 0 Å². The van der Waals surface area contributed by atoms with Crippen molar-refractivity contribution in [1.29, 1.82) is 0 Å². The molecular weight excluding hydrogens is 227 g/mol. The molecule has 2 aliphatic heterocycles. The lowest BCUT2D eigenvalue weighted by atomic mass is 9.75. The number of hydrogen-bond acceptors (Lipinski definition) is 3. The van der Waals surface area contributed by atoms with Crippen LogP contribution in [0.1, 0.15) is 26.3 Å². The summed E-state index contributed by atoms with van der Waals surface area (Å²) in [6.07, 6.45) is 1.25. The highest BCUT2D eigenvalue weighted by Gasteiger charge is 2.34. The van der Waals surface area contributed by atoms with Crippen LogP contribution in [0.2, 0.25) is 0 Å². The van der Waals surface area contributed by atoms with Gasteiger partial charge in [0.25, 0.3) is 0 Å². The van der Waals surface area contributed by atoms with Crippen molar-refractivity contribution in [3.63, 3.8) is 0 Å². The van der Waals surface area contributed by atoms with E-state index in [4.69, 9.17) is 14.0 Å². The van der Waals surface area contributed by atoms with Gasteiger partial charge in [-0.15, -0.1) is 0 Å². The summed E-state index contributed by atoms with van der Waals surface area (Å²) in [6, 6.07) is 6.22. The lowest BCUT2D eigenvalue weighted by Crippen LogP contribution is -2.47. The molecule has 0 spiro atoms. The molecule has 0 radical (unpaired) electrons. The zero-order valence-corrected chi connectivity index (χ0v) is 11.2. The largest absolute Gasteiger partial charge is 0.493 e. The van der Waals surface area contributed by atoms with Crippen LogP contribution in [0, 0.1) is 5.41 Å². The van der Waals surface area contributed by atoms with Crippen LogP contribution >= 0.6 is 0 Å². The predicted molar refractivity (Wildman–Crippen MR) is 71.3 cm³/mol. The van der Waals surface area contributed by atoms with E-state index >= 15 is 0 Å². The van der Waals surface area contributed by atoms with E-state index in [-0.39, 0.29) is 18.6 Å². The smallest absolute Gasteiger partial charge is 0.490 e. The molecule has 1 atom stereocenters. The molecule has 1 saturated heterocycles. The molecule has 3 rings (SSSR count). The minimum atomic E-state index is -0.223. The topological polar surface area (TPSA) is 27.7 Å². The summed E-state index contributed by atoms with van der Waals surface area (Å²) in [4.78, 5) is 0. The van der Waals surface area contributed by atoms with Crippen molar-refractivity contribution >= 4 is 12.6 Å². The van der Waals surface area contributed by atoms with E-state index < -0.39 is 0 Å². The molecule has 2 aliphatic rings. The number of fused-ring (bicyclic) bond motifs is 1. The summed E-state index contributed by atoms with van der Waals surface area (Å²) in [5.41, 5.74) is 2.48. The van der Waals surface area contributed by atoms with Gasteiger partial charge in [0.15, 0.2) is 0 Å². The Balaban J connectivity index is 1.76. The molecule has 0 bridgehead atoms. The van der Waals surface area contributed by atoms with Gasteiger partial charge in [-0.05, 0) is 24.0 Å². The Labute approximate surface area is 109 Å². The van der Waals surface area contributed by atoms with Crippen LogP contribution < -0.4 is 10.2 Å². The zero-order valence-electron chi connectivity index (χ0n) is 11.2. The third-order valence-corrected chi connectivity index (χ3v) is 3.44. The quantitative estimate of drug-likeness (QED) is 0.707. The van der Waals surface area contributed by atoms with E-state index in [0.717, 1.165) is 30.8 Å². The van der Waals surface area contributed by atoms with Crippen LogP contribution in [0.15, 0.2) is 18.2 Å². The summed E-state index contributed by atoms with van der Waals surface area (Å²) >= 11 is 0. The van der Waals surface area contributed by atoms with Gasteiger partial charge in [0, 0.05) is 25.0 Å². The fourth-order valence-electron chi connectivity index (χ4n) is 2.47. The fraction of sp³-hybridized carbons (Fsp3) is 0.571. The minimum absolute atomic E-state index is 0.116. The summed E-state index contributed by atoms with van der Waals surface area (Å²) in [5, 5.41) is 0. The first-order valence-electron chi connectivity index (χ1n) is 6.56. The molecule has 3 nitrogen and oxygen atoms in total. The lowest BCUT2D eigenvalue weighted by molar-refractivity contribution is 0.0343. The molecule has 0 saturated carbocycles. The number of benzene rings is 1. The minimum Gasteiger partial charge on any atom is -0.490 e. The van der Waals surface area contributed by atoms with Gasteiger partial charge in [-0.1, -0.05) is 26.0 Å². The van der Waals surface area contributed by atoms with Crippen LogP contribution in [-0.2, 0) is 15.7 Å². The maximum Gasteiger partial charge on any atom is 0.493 e. The second-order valence-electron chi connectivity index (χ2n) is 6.12. The Morgan fingerprint density at radius 3 is 2.67 bits per heavy atom. The Hall–Kier alpha value is -0.995. The van der Waals surface area contributed by atoms with Gasteiger partial charge < -0.3 is 14.0 Å². The third-order valence-electron chi connectivity index (χ3n) is 3.44. The second kappa shape index (κ2) is 4.28. The highest BCUT2D eigenvalue weighted by molar-refractivity contribution is 6.61. The predicted octanol–water partition coefficient (Wildman–Crippen LogP) is 1.78. The third kappa shape index (κ3) is 2.27. The molecule has 18 heavy (non-hydrogen) atoms. The van der Waals surface area contributed by atoms with E-state index in [1.165, 1.54) is 5.56 Å². The maximum absolute atomic E-state index is 5.80. The summed E-state index contributed by atoms with van der Waals surface area (Å²) < 4.78 is 17.3. The number of ether oxygens (including phenoxy) is 1. The molecule has 2 heterocycles. The van der Waals surface area contributed by atoms with Crippen molar-refractivity contribution < 1.29 is 14.0 Å².